The highest BCUT2D eigenvalue weighted by molar-refractivity contribution is 4.75. The Morgan fingerprint density at radius 3 is 1.81 bits per heavy atom. The van der Waals surface area contributed by atoms with E-state index in [0.717, 1.165) is 29.6 Å². The third-order valence-electron chi connectivity index (χ3n) is 4.21. The summed E-state index contributed by atoms with van der Waals surface area (Å²) in [6, 6.07) is 0. The Kier molecular flexibility index (Phi) is 8.14. The maximum Gasteiger partial charge on any atom is -0.0358 e. The monoisotopic (exact) mass is 226 g/mol. The van der Waals surface area contributed by atoms with Crippen molar-refractivity contribution in [1.29, 1.82) is 0 Å². The third-order valence-corrected chi connectivity index (χ3v) is 4.21. The van der Waals surface area contributed by atoms with Crippen molar-refractivity contribution in [1.82, 2.24) is 0 Å². The minimum atomic E-state index is 0.827. The van der Waals surface area contributed by atoms with Gasteiger partial charge in [0.15, 0.2) is 0 Å². The van der Waals surface area contributed by atoms with Crippen LogP contribution >= 0.6 is 0 Å². The molecule has 0 bridgehead atoms. The summed E-state index contributed by atoms with van der Waals surface area (Å²) < 4.78 is 0. The van der Waals surface area contributed by atoms with Gasteiger partial charge in [0.1, 0.15) is 0 Å². The number of rotatable bonds is 8. The molecule has 0 heteroatoms. The Labute approximate surface area is 104 Å². The molecule has 0 aromatic heterocycles. The molecular formula is C16H34. The van der Waals surface area contributed by atoms with Crippen LogP contribution in [0.15, 0.2) is 0 Å². The molecule has 0 aliphatic rings. The van der Waals surface area contributed by atoms with E-state index in [9.17, 15) is 0 Å². The lowest BCUT2D eigenvalue weighted by Crippen LogP contribution is -2.25. The van der Waals surface area contributed by atoms with Crippen LogP contribution in [-0.4, -0.2) is 0 Å². The Morgan fingerprint density at radius 1 is 0.875 bits per heavy atom. The highest BCUT2D eigenvalue weighted by Crippen LogP contribution is 2.34. The molecule has 3 unspecified atom stereocenters. The smallest absolute Gasteiger partial charge is 0.0358 e. The zero-order chi connectivity index (χ0) is 12.7. The Morgan fingerprint density at radius 2 is 1.44 bits per heavy atom. The maximum atomic E-state index is 2.47. The van der Waals surface area contributed by atoms with Gasteiger partial charge in [0, 0.05) is 0 Å². The van der Waals surface area contributed by atoms with Crippen LogP contribution < -0.4 is 0 Å². The van der Waals surface area contributed by atoms with Crippen molar-refractivity contribution in [3.8, 4) is 0 Å². The van der Waals surface area contributed by atoms with E-state index >= 15 is 0 Å². The van der Waals surface area contributed by atoms with Crippen molar-refractivity contribution in [2.75, 3.05) is 0 Å². The zero-order valence-electron chi connectivity index (χ0n) is 12.7. The molecule has 3 atom stereocenters. The standard InChI is InChI=1S/C16H34/c1-8-9-10-14(6)16(11-12(2)3)15(7)13(4)5/h12-16H,8-11H2,1-7H3. The summed E-state index contributed by atoms with van der Waals surface area (Å²) in [5.41, 5.74) is 0. The van der Waals surface area contributed by atoms with E-state index in [-0.39, 0.29) is 0 Å². The van der Waals surface area contributed by atoms with Crippen molar-refractivity contribution < 1.29 is 0 Å². The highest BCUT2D eigenvalue weighted by Gasteiger charge is 2.25. The van der Waals surface area contributed by atoms with E-state index in [0.29, 0.717) is 0 Å². The van der Waals surface area contributed by atoms with Crippen molar-refractivity contribution in [3.63, 3.8) is 0 Å². The molecule has 0 heterocycles. The summed E-state index contributed by atoms with van der Waals surface area (Å²) in [4.78, 5) is 0. The molecule has 0 rings (SSSR count). The van der Waals surface area contributed by atoms with Crippen LogP contribution in [0.3, 0.4) is 0 Å². The average Bonchev–Trinajstić information content (AvgIpc) is 2.21. The molecule has 16 heavy (non-hydrogen) atoms. The predicted molar refractivity (Wildman–Crippen MR) is 75.6 cm³/mol. The van der Waals surface area contributed by atoms with Gasteiger partial charge in [-0.3, -0.25) is 0 Å². The van der Waals surface area contributed by atoms with E-state index < -0.39 is 0 Å². The largest absolute Gasteiger partial charge is 0.0654 e. The minimum Gasteiger partial charge on any atom is -0.0654 e. The molecule has 0 amide bonds. The van der Waals surface area contributed by atoms with Crippen molar-refractivity contribution in [3.05, 3.63) is 0 Å². The molecule has 0 radical (unpaired) electrons. The second-order valence-electron chi connectivity index (χ2n) is 6.52. The van der Waals surface area contributed by atoms with E-state index in [1.165, 1.54) is 25.7 Å². The fourth-order valence-corrected chi connectivity index (χ4v) is 2.74. The summed E-state index contributed by atoms with van der Waals surface area (Å²) >= 11 is 0. The maximum absolute atomic E-state index is 2.47. The second-order valence-corrected chi connectivity index (χ2v) is 6.52. The molecule has 0 aromatic carbocycles. The Hall–Kier alpha value is 0. The van der Waals surface area contributed by atoms with Crippen LogP contribution in [0.25, 0.3) is 0 Å². The number of hydrogen-bond donors (Lipinski definition) is 0. The van der Waals surface area contributed by atoms with Crippen LogP contribution in [0.5, 0.6) is 0 Å². The molecule has 0 N–H and O–H groups in total. The molecule has 0 saturated heterocycles. The first-order valence-corrected chi connectivity index (χ1v) is 7.40. The zero-order valence-corrected chi connectivity index (χ0v) is 12.7. The van der Waals surface area contributed by atoms with Gasteiger partial charge in [0.25, 0.3) is 0 Å². The first kappa shape index (κ1) is 16.0. The molecule has 0 saturated carbocycles. The molecule has 0 fully saturated rings. The number of hydrogen-bond acceptors (Lipinski definition) is 0. The van der Waals surface area contributed by atoms with Crippen LogP contribution in [0.4, 0.5) is 0 Å². The van der Waals surface area contributed by atoms with Gasteiger partial charge in [-0.15, -0.1) is 0 Å². The predicted octanol–water partition coefficient (Wildman–Crippen LogP) is 5.77. The average molecular weight is 226 g/mol. The summed E-state index contributed by atoms with van der Waals surface area (Å²) in [7, 11) is 0. The molecule has 0 nitrogen and oxygen atoms in total. The summed E-state index contributed by atoms with van der Waals surface area (Å²) in [6.07, 6.45) is 5.57. The quantitative estimate of drug-likeness (QED) is 0.493. The summed E-state index contributed by atoms with van der Waals surface area (Å²) in [5, 5.41) is 0. The molecule has 98 valence electrons. The lowest BCUT2D eigenvalue weighted by molar-refractivity contribution is 0.164. The fourth-order valence-electron chi connectivity index (χ4n) is 2.74. The van der Waals surface area contributed by atoms with Crippen LogP contribution in [0.1, 0.15) is 74.1 Å². The molecule has 0 spiro atoms. The molecular weight excluding hydrogens is 192 g/mol. The lowest BCUT2D eigenvalue weighted by atomic mass is 9.72. The van der Waals surface area contributed by atoms with E-state index in [4.69, 9.17) is 0 Å². The van der Waals surface area contributed by atoms with Gasteiger partial charge in [-0.2, -0.15) is 0 Å². The van der Waals surface area contributed by atoms with Gasteiger partial charge in [-0.05, 0) is 36.0 Å². The Balaban J connectivity index is 4.39. The van der Waals surface area contributed by atoms with Crippen LogP contribution in [0.2, 0.25) is 0 Å². The minimum absolute atomic E-state index is 0.827. The van der Waals surface area contributed by atoms with Gasteiger partial charge < -0.3 is 0 Å². The molecule has 0 aliphatic heterocycles. The van der Waals surface area contributed by atoms with Crippen LogP contribution in [-0.2, 0) is 0 Å². The topological polar surface area (TPSA) is 0 Å². The fraction of sp³-hybridized carbons (Fsp3) is 1.00. The van der Waals surface area contributed by atoms with Crippen molar-refractivity contribution in [2.24, 2.45) is 29.6 Å². The van der Waals surface area contributed by atoms with Crippen molar-refractivity contribution >= 4 is 0 Å². The van der Waals surface area contributed by atoms with Gasteiger partial charge in [0.2, 0.25) is 0 Å². The van der Waals surface area contributed by atoms with E-state index in [2.05, 4.69) is 48.5 Å². The SMILES string of the molecule is CCCCC(C)C(CC(C)C)C(C)C(C)C. The Bertz CT molecular complexity index is 157. The van der Waals surface area contributed by atoms with Crippen molar-refractivity contribution in [2.45, 2.75) is 74.1 Å². The van der Waals surface area contributed by atoms with Crippen LogP contribution in [0, 0.1) is 29.6 Å². The highest BCUT2D eigenvalue weighted by atomic mass is 14.3. The number of unbranched alkanes of at least 4 members (excludes halogenated alkanes) is 1. The summed E-state index contributed by atoms with van der Waals surface area (Å²) in [5.74, 6) is 4.36. The van der Waals surface area contributed by atoms with Gasteiger partial charge in [0.05, 0.1) is 0 Å². The van der Waals surface area contributed by atoms with E-state index in [1.54, 1.807) is 0 Å². The molecule has 0 aromatic rings. The van der Waals surface area contributed by atoms with E-state index in [1.807, 2.05) is 0 Å². The normalized spacial score (nSPS) is 17.8. The lowest BCUT2D eigenvalue weighted by Gasteiger charge is -2.33. The van der Waals surface area contributed by atoms with Gasteiger partial charge in [-0.1, -0.05) is 67.7 Å². The second kappa shape index (κ2) is 8.14. The van der Waals surface area contributed by atoms with Gasteiger partial charge in [-0.25, -0.2) is 0 Å². The summed E-state index contributed by atoms with van der Waals surface area (Å²) in [6.45, 7) is 16.7. The first-order chi connectivity index (χ1) is 7.40. The first-order valence-electron chi connectivity index (χ1n) is 7.40. The van der Waals surface area contributed by atoms with Gasteiger partial charge >= 0.3 is 0 Å². The third kappa shape index (κ3) is 5.92. The molecule has 0 aliphatic carbocycles.